The summed E-state index contributed by atoms with van der Waals surface area (Å²) >= 11 is 4.43. The van der Waals surface area contributed by atoms with E-state index in [9.17, 15) is 9.18 Å². The lowest BCUT2D eigenvalue weighted by atomic mass is 10.3. The van der Waals surface area contributed by atoms with E-state index in [1.165, 1.54) is 29.5 Å². The van der Waals surface area contributed by atoms with Gasteiger partial charge in [0.2, 0.25) is 0 Å². The fraction of sp³-hybridized carbons (Fsp3) is 0. The number of thiophene rings is 1. The fourth-order valence-electron chi connectivity index (χ4n) is 1.12. The first-order chi connectivity index (χ1) is 7.69. The molecule has 1 heterocycles. The molecule has 82 valence electrons. The third-order valence-electron chi connectivity index (χ3n) is 1.82. The van der Waals surface area contributed by atoms with E-state index >= 15 is 0 Å². The minimum absolute atomic E-state index is 0.334. The lowest BCUT2D eigenvalue weighted by Gasteiger charge is -2.04. The van der Waals surface area contributed by atoms with E-state index in [2.05, 4.69) is 15.9 Å². The van der Waals surface area contributed by atoms with Crippen LogP contribution in [0.4, 0.5) is 4.39 Å². The topological polar surface area (TPSA) is 26.3 Å². The highest BCUT2D eigenvalue weighted by Gasteiger charge is 2.06. The third kappa shape index (κ3) is 2.48. The minimum atomic E-state index is -0.334. The summed E-state index contributed by atoms with van der Waals surface area (Å²) in [5.41, 5.74) is 0. The van der Waals surface area contributed by atoms with Gasteiger partial charge in [-0.1, -0.05) is 11.3 Å². The molecule has 1 aromatic carbocycles. The maximum Gasteiger partial charge on any atom is 0.181 e. The number of carbonyl (C=O) groups excluding carboxylic acids is 1. The number of hydrogen-bond donors (Lipinski definition) is 0. The average molecular weight is 301 g/mol. The highest BCUT2D eigenvalue weighted by Crippen LogP contribution is 2.33. The Morgan fingerprint density at radius 1 is 1.31 bits per heavy atom. The normalized spacial score (nSPS) is 10.1. The van der Waals surface area contributed by atoms with E-state index in [-0.39, 0.29) is 5.82 Å². The lowest BCUT2D eigenvalue weighted by molar-refractivity contribution is 0.112. The zero-order chi connectivity index (χ0) is 11.5. The number of hydrogen-bond acceptors (Lipinski definition) is 3. The summed E-state index contributed by atoms with van der Waals surface area (Å²) in [5.74, 6) is 0.180. The van der Waals surface area contributed by atoms with Gasteiger partial charge in [-0.05, 0) is 46.3 Å². The average Bonchev–Trinajstić information content (AvgIpc) is 2.70. The molecule has 0 amide bonds. The molecule has 0 atom stereocenters. The number of rotatable bonds is 3. The molecule has 2 rings (SSSR count). The van der Waals surface area contributed by atoms with Crippen molar-refractivity contribution >= 4 is 33.6 Å². The molecule has 0 spiro atoms. The van der Waals surface area contributed by atoms with Crippen LogP contribution in [0.5, 0.6) is 10.8 Å². The van der Waals surface area contributed by atoms with Gasteiger partial charge in [-0.25, -0.2) is 4.39 Å². The van der Waals surface area contributed by atoms with Gasteiger partial charge in [-0.3, -0.25) is 4.79 Å². The molecule has 0 saturated heterocycles. The van der Waals surface area contributed by atoms with Gasteiger partial charge in [-0.2, -0.15) is 0 Å². The molecule has 0 aliphatic carbocycles. The zero-order valence-electron chi connectivity index (χ0n) is 7.94. The minimum Gasteiger partial charge on any atom is -0.445 e. The van der Waals surface area contributed by atoms with Crippen molar-refractivity contribution in [2.75, 3.05) is 0 Å². The van der Waals surface area contributed by atoms with Crippen molar-refractivity contribution in [2.24, 2.45) is 0 Å². The predicted octanol–water partition coefficient (Wildman–Crippen LogP) is 4.25. The van der Waals surface area contributed by atoms with E-state index in [0.29, 0.717) is 20.2 Å². The van der Waals surface area contributed by atoms with Crippen LogP contribution in [0.2, 0.25) is 0 Å². The van der Waals surface area contributed by atoms with Crippen LogP contribution in [0.25, 0.3) is 0 Å². The molecule has 0 fully saturated rings. The van der Waals surface area contributed by atoms with E-state index in [1.807, 2.05) is 0 Å². The maximum atomic E-state index is 12.8. The zero-order valence-corrected chi connectivity index (χ0v) is 10.3. The molecule has 5 heteroatoms. The number of halogens is 2. The largest absolute Gasteiger partial charge is 0.445 e. The van der Waals surface area contributed by atoms with Crippen LogP contribution in [0.3, 0.4) is 0 Å². The Hall–Kier alpha value is -1.20. The molecule has 1 aromatic heterocycles. The van der Waals surface area contributed by atoms with Crippen LogP contribution in [0.15, 0.2) is 34.8 Å². The standard InChI is InChI=1S/C11H6BrFO2S/c12-9-5-7(13)1-3-10(9)15-11-4-2-8(6-14)16-11/h1-6H. The van der Waals surface area contributed by atoms with Crippen LogP contribution in [0.1, 0.15) is 9.67 Å². The van der Waals surface area contributed by atoms with E-state index < -0.39 is 0 Å². The van der Waals surface area contributed by atoms with Crippen molar-refractivity contribution in [2.45, 2.75) is 0 Å². The molecule has 0 aliphatic heterocycles. The monoisotopic (exact) mass is 300 g/mol. The second kappa shape index (κ2) is 4.76. The number of aldehydes is 1. The molecule has 0 saturated carbocycles. The molecule has 2 aromatic rings. The van der Waals surface area contributed by atoms with Crippen molar-refractivity contribution in [1.29, 1.82) is 0 Å². The van der Waals surface area contributed by atoms with Gasteiger partial charge in [0.15, 0.2) is 11.3 Å². The predicted molar refractivity (Wildman–Crippen MR) is 63.9 cm³/mol. The Morgan fingerprint density at radius 3 is 2.75 bits per heavy atom. The lowest BCUT2D eigenvalue weighted by Crippen LogP contribution is -1.83. The van der Waals surface area contributed by atoms with Crippen LogP contribution in [-0.4, -0.2) is 6.29 Å². The van der Waals surface area contributed by atoms with E-state index in [4.69, 9.17) is 4.74 Å². The SMILES string of the molecule is O=Cc1ccc(Oc2ccc(F)cc2Br)s1. The molecule has 0 bridgehead atoms. The number of benzene rings is 1. The van der Waals surface area contributed by atoms with Crippen LogP contribution >= 0.6 is 27.3 Å². The van der Waals surface area contributed by atoms with Gasteiger partial charge in [-0.15, -0.1) is 0 Å². The summed E-state index contributed by atoms with van der Waals surface area (Å²) in [6.07, 6.45) is 0.761. The van der Waals surface area contributed by atoms with Crippen molar-refractivity contribution in [3.8, 4) is 10.8 Å². The first-order valence-electron chi connectivity index (χ1n) is 4.37. The van der Waals surface area contributed by atoms with Crippen molar-refractivity contribution in [1.82, 2.24) is 0 Å². The van der Waals surface area contributed by atoms with Crippen LogP contribution in [-0.2, 0) is 0 Å². The number of carbonyl (C=O) groups is 1. The second-order valence-electron chi connectivity index (χ2n) is 2.95. The Kier molecular flexibility index (Phi) is 3.36. The first kappa shape index (κ1) is 11.3. The highest BCUT2D eigenvalue weighted by atomic mass is 79.9. The smallest absolute Gasteiger partial charge is 0.181 e. The first-order valence-corrected chi connectivity index (χ1v) is 5.98. The van der Waals surface area contributed by atoms with Gasteiger partial charge < -0.3 is 4.74 Å². The Morgan fingerprint density at radius 2 is 2.12 bits per heavy atom. The highest BCUT2D eigenvalue weighted by molar-refractivity contribution is 9.10. The molecule has 2 nitrogen and oxygen atoms in total. The van der Waals surface area contributed by atoms with E-state index in [0.717, 1.165) is 6.29 Å². The molecular formula is C11H6BrFO2S. The molecule has 0 radical (unpaired) electrons. The summed E-state index contributed by atoms with van der Waals surface area (Å²) < 4.78 is 18.8. The Balaban J connectivity index is 2.23. The van der Waals surface area contributed by atoms with Crippen LogP contribution in [0, 0.1) is 5.82 Å². The van der Waals surface area contributed by atoms with Crippen molar-refractivity contribution in [3.63, 3.8) is 0 Å². The van der Waals surface area contributed by atoms with Gasteiger partial charge in [0.1, 0.15) is 11.6 Å². The van der Waals surface area contributed by atoms with E-state index in [1.54, 1.807) is 12.1 Å². The maximum absolute atomic E-state index is 12.8. The van der Waals surface area contributed by atoms with Crippen molar-refractivity contribution < 1.29 is 13.9 Å². The summed E-state index contributed by atoms with van der Waals surface area (Å²) in [4.78, 5) is 11.1. The van der Waals surface area contributed by atoms with Crippen LogP contribution < -0.4 is 4.74 Å². The second-order valence-corrected chi connectivity index (χ2v) is 4.88. The molecule has 0 N–H and O–H groups in total. The summed E-state index contributed by atoms with van der Waals surface area (Å²) in [6, 6.07) is 7.53. The quantitative estimate of drug-likeness (QED) is 0.792. The molecule has 0 aliphatic rings. The van der Waals surface area contributed by atoms with Gasteiger partial charge in [0, 0.05) is 0 Å². The summed E-state index contributed by atoms with van der Waals surface area (Å²) in [6.45, 7) is 0. The summed E-state index contributed by atoms with van der Waals surface area (Å²) in [7, 11) is 0. The van der Waals surface area contributed by atoms with Gasteiger partial charge in [0.25, 0.3) is 0 Å². The van der Waals surface area contributed by atoms with Crippen molar-refractivity contribution in [3.05, 3.63) is 45.5 Å². The van der Waals surface area contributed by atoms with Gasteiger partial charge in [0.05, 0.1) is 9.35 Å². The summed E-state index contributed by atoms with van der Waals surface area (Å²) in [5, 5.41) is 0.592. The Bertz CT molecular complexity index is 524. The molecule has 16 heavy (non-hydrogen) atoms. The number of ether oxygens (including phenoxy) is 1. The Labute approximate surface area is 104 Å². The van der Waals surface area contributed by atoms with Gasteiger partial charge >= 0.3 is 0 Å². The third-order valence-corrected chi connectivity index (χ3v) is 3.33. The molecule has 0 unspecified atom stereocenters. The fourth-order valence-corrected chi connectivity index (χ4v) is 2.23. The molecular weight excluding hydrogens is 295 g/mol.